The summed E-state index contributed by atoms with van der Waals surface area (Å²) < 4.78 is 32.9. The third kappa shape index (κ3) is 43.9. The zero-order valence-electron chi connectivity index (χ0n) is 37.1. The Morgan fingerprint density at radius 2 is 0.912 bits per heavy atom. The van der Waals surface area contributed by atoms with Crippen molar-refractivity contribution in [2.75, 3.05) is 26.4 Å². The second-order valence-electron chi connectivity index (χ2n) is 16.0. The van der Waals surface area contributed by atoms with E-state index in [0.717, 1.165) is 51.4 Å². The van der Waals surface area contributed by atoms with Crippen LogP contribution in [0.5, 0.6) is 0 Å². The second-order valence-corrected chi connectivity index (χ2v) is 17.4. The summed E-state index contributed by atoms with van der Waals surface area (Å²) >= 11 is 0. The molecule has 9 nitrogen and oxygen atoms in total. The van der Waals surface area contributed by atoms with Crippen LogP contribution in [-0.4, -0.2) is 49.3 Å². The van der Waals surface area contributed by atoms with Crippen LogP contribution in [0.1, 0.15) is 232 Å². The maximum absolute atomic E-state index is 12.6. The number of carbonyl (C=O) groups excluding carboxylic acids is 2. The lowest BCUT2D eigenvalue weighted by Gasteiger charge is -2.19. The summed E-state index contributed by atoms with van der Waals surface area (Å²) in [5, 5.41) is 0. The molecule has 0 aliphatic heterocycles. The maximum Gasteiger partial charge on any atom is 0.472 e. The molecule has 0 rings (SSSR count). The highest BCUT2D eigenvalue weighted by atomic mass is 31.2. The van der Waals surface area contributed by atoms with Gasteiger partial charge in [0.15, 0.2) is 6.10 Å². The Hall–Kier alpha value is -1.51. The molecule has 0 radical (unpaired) electrons. The Labute approximate surface area is 351 Å². The van der Waals surface area contributed by atoms with E-state index in [9.17, 15) is 19.0 Å². The molecule has 0 aliphatic rings. The molecule has 0 fully saturated rings. The van der Waals surface area contributed by atoms with Gasteiger partial charge in [-0.05, 0) is 44.9 Å². The van der Waals surface area contributed by atoms with Gasteiger partial charge in [-0.3, -0.25) is 18.6 Å². The fourth-order valence-electron chi connectivity index (χ4n) is 6.78. The normalized spacial score (nSPS) is 13.4. The van der Waals surface area contributed by atoms with E-state index in [0.29, 0.717) is 6.42 Å². The van der Waals surface area contributed by atoms with E-state index in [-0.39, 0.29) is 38.6 Å². The first kappa shape index (κ1) is 55.5. The first-order valence-electron chi connectivity index (χ1n) is 23.8. The van der Waals surface area contributed by atoms with Gasteiger partial charge in [-0.2, -0.15) is 0 Å². The van der Waals surface area contributed by atoms with Crippen LogP contribution in [0.2, 0.25) is 0 Å². The predicted molar refractivity (Wildman–Crippen MR) is 238 cm³/mol. The fraction of sp³-hybridized carbons (Fsp3) is 0.872. The monoisotopic (exact) mass is 828 g/mol. The van der Waals surface area contributed by atoms with Gasteiger partial charge in [0.25, 0.3) is 0 Å². The van der Waals surface area contributed by atoms with Crippen molar-refractivity contribution in [2.24, 2.45) is 5.73 Å². The van der Waals surface area contributed by atoms with Crippen molar-refractivity contribution in [3.63, 3.8) is 0 Å². The molecular weight excluding hydrogens is 737 g/mol. The van der Waals surface area contributed by atoms with Crippen LogP contribution < -0.4 is 5.73 Å². The zero-order chi connectivity index (χ0) is 41.8. The number of phosphoric ester groups is 1. The molecule has 0 bridgehead atoms. The van der Waals surface area contributed by atoms with Crippen molar-refractivity contribution in [1.29, 1.82) is 0 Å². The van der Waals surface area contributed by atoms with Gasteiger partial charge in [-0.15, -0.1) is 0 Å². The lowest BCUT2D eigenvalue weighted by molar-refractivity contribution is -0.161. The van der Waals surface area contributed by atoms with E-state index in [4.69, 9.17) is 24.3 Å². The third-order valence-electron chi connectivity index (χ3n) is 10.3. The summed E-state index contributed by atoms with van der Waals surface area (Å²) in [6.45, 7) is 3.74. The summed E-state index contributed by atoms with van der Waals surface area (Å²) in [4.78, 5) is 35.0. The lowest BCUT2D eigenvalue weighted by atomic mass is 10.0. The third-order valence-corrected chi connectivity index (χ3v) is 11.3. The highest BCUT2D eigenvalue weighted by Gasteiger charge is 2.26. The van der Waals surface area contributed by atoms with E-state index < -0.39 is 26.5 Å². The molecule has 1 unspecified atom stereocenters. The molecule has 2 atom stereocenters. The molecule has 336 valence electrons. The first-order valence-corrected chi connectivity index (χ1v) is 25.3. The average molecular weight is 828 g/mol. The van der Waals surface area contributed by atoms with Gasteiger partial charge < -0.3 is 20.1 Å². The van der Waals surface area contributed by atoms with Crippen LogP contribution in [-0.2, 0) is 32.7 Å². The number of hydrogen-bond acceptors (Lipinski definition) is 8. The maximum atomic E-state index is 12.6. The Morgan fingerprint density at radius 1 is 0.526 bits per heavy atom. The minimum absolute atomic E-state index is 0.0541. The van der Waals surface area contributed by atoms with E-state index in [1.807, 2.05) is 0 Å². The van der Waals surface area contributed by atoms with Crippen LogP contribution in [0.4, 0.5) is 0 Å². The van der Waals surface area contributed by atoms with Gasteiger partial charge in [0, 0.05) is 19.4 Å². The molecule has 0 saturated carbocycles. The van der Waals surface area contributed by atoms with Crippen molar-refractivity contribution in [3.05, 3.63) is 24.3 Å². The second kappa shape index (κ2) is 44.1. The van der Waals surface area contributed by atoms with Gasteiger partial charge in [-0.25, -0.2) is 4.57 Å². The average Bonchev–Trinajstić information content (AvgIpc) is 3.20. The quantitative estimate of drug-likeness (QED) is 0.0266. The summed E-state index contributed by atoms with van der Waals surface area (Å²) in [6, 6.07) is 0. The van der Waals surface area contributed by atoms with Crippen molar-refractivity contribution >= 4 is 19.8 Å². The van der Waals surface area contributed by atoms with E-state index in [1.54, 1.807) is 0 Å². The fourth-order valence-corrected chi connectivity index (χ4v) is 7.55. The number of esters is 2. The Balaban J connectivity index is 4.07. The molecule has 0 aromatic rings. The van der Waals surface area contributed by atoms with Gasteiger partial charge in [0.2, 0.25) is 0 Å². The molecule has 0 amide bonds. The number of rotatable bonds is 45. The molecular formula is C47H90NO8P. The van der Waals surface area contributed by atoms with Crippen molar-refractivity contribution in [1.82, 2.24) is 0 Å². The Morgan fingerprint density at radius 3 is 1.37 bits per heavy atom. The van der Waals surface area contributed by atoms with E-state index >= 15 is 0 Å². The number of unbranched alkanes of at least 4 members (excludes halogenated alkanes) is 28. The molecule has 57 heavy (non-hydrogen) atoms. The molecule has 0 aliphatic carbocycles. The van der Waals surface area contributed by atoms with Crippen LogP contribution in [0, 0.1) is 0 Å². The number of carbonyl (C=O) groups is 2. The van der Waals surface area contributed by atoms with Gasteiger partial charge >= 0.3 is 19.8 Å². The lowest BCUT2D eigenvalue weighted by Crippen LogP contribution is -2.29. The van der Waals surface area contributed by atoms with E-state index in [2.05, 4.69) is 38.2 Å². The minimum atomic E-state index is -4.38. The van der Waals surface area contributed by atoms with Gasteiger partial charge in [-0.1, -0.05) is 199 Å². The molecule has 0 aromatic carbocycles. The Kier molecular flexibility index (Phi) is 42.9. The molecule has 10 heteroatoms. The first-order chi connectivity index (χ1) is 27.8. The summed E-state index contributed by atoms with van der Waals surface area (Å²) in [5.74, 6) is -0.826. The molecule has 0 saturated heterocycles. The van der Waals surface area contributed by atoms with E-state index in [1.165, 1.54) is 148 Å². The number of nitrogens with two attached hydrogens (primary N) is 1. The largest absolute Gasteiger partial charge is 0.472 e. The van der Waals surface area contributed by atoms with Crippen molar-refractivity contribution in [2.45, 2.75) is 238 Å². The summed E-state index contributed by atoms with van der Waals surface area (Å²) in [7, 11) is -4.38. The van der Waals surface area contributed by atoms with Gasteiger partial charge in [0.05, 0.1) is 13.2 Å². The van der Waals surface area contributed by atoms with Gasteiger partial charge in [0.1, 0.15) is 6.61 Å². The van der Waals surface area contributed by atoms with Crippen LogP contribution in [0.25, 0.3) is 0 Å². The molecule has 0 heterocycles. The summed E-state index contributed by atoms with van der Waals surface area (Å²) in [5.41, 5.74) is 5.36. The topological polar surface area (TPSA) is 134 Å². The highest BCUT2D eigenvalue weighted by Crippen LogP contribution is 2.43. The number of allylic oxidation sites excluding steroid dienone is 4. The predicted octanol–water partition coefficient (Wildman–Crippen LogP) is 13.9. The molecule has 0 spiro atoms. The minimum Gasteiger partial charge on any atom is -0.462 e. The van der Waals surface area contributed by atoms with Crippen molar-refractivity contribution in [3.8, 4) is 0 Å². The smallest absolute Gasteiger partial charge is 0.462 e. The highest BCUT2D eigenvalue weighted by molar-refractivity contribution is 7.47. The van der Waals surface area contributed by atoms with Crippen LogP contribution in [0.15, 0.2) is 24.3 Å². The number of ether oxygens (including phenoxy) is 2. The molecule has 3 N–H and O–H groups in total. The van der Waals surface area contributed by atoms with Crippen LogP contribution >= 0.6 is 7.82 Å². The Bertz CT molecular complexity index is 990. The number of phosphoric acid groups is 1. The van der Waals surface area contributed by atoms with Crippen molar-refractivity contribution < 1.29 is 37.6 Å². The molecule has 0 aromatic heterocycles. The van der Waals surface area contributed by atoms with Crippen LogP contribution in [0.3, 0.4) is 0 Å². The summed E-state index contributed by atoms with van der Waals surface area (Å²) in [6.07, 6.45) is 47.8. The number of hydrogen-bond donors (Lipinski definition) is 2. The SMILES string of the molecule is CCCCC/C=C\C/C=C\CCCCCCCCCC(=O)OC[C@H](COP(=O)(O)OCCN)OC(=O)CCCCCCCCCCCCCCCCCCCCC. The standard InChI is InChI=1S/C47H90NO8P/c1-3-5-7-9-11-13-15-17-19-21-22-24-26-28-30-32-34-36-38-40-47(50)56-45(44-55-57(51,52)54-42-41-48)43-53-46(49)39-37-35-33-31-29-27-25-23-20-18-16-14-12-10-8-6-4-2/h12,14,18,20,45H,3-11,13,15-17,19,21-44,48H2,1-2H3,(H,51,52)/b14-12-,20-18-/t45-/m1/s1. The zero-order valence-corrected chi connectivity index (χ0v) is 38.0.